The first kappa shape index (κ1) is 11.4. The number of methoxy groups -OCH3 is 1. The van der Waals surface area contributed by atoms with E-state index >= 15 is 0 Å². The lowest BCUT2D eigenvalue weighted by molar-refractivity contribution is 0.0605. The summed E-state index contributed by atoms with van der Waals surface area (Å²) in [6.07, 6.45) is 0. The van der Waals surface area contributed by atoms with E-state index in [1.54, 1.807) is 12.1 Å². The van der Waals surface area contributed by atoms with Gasteiger partial charge in [-0.05, 0) is 29.1 Å². The van der Waals surface area contributed by atoms with Crippen molar-refractivity contribution < 1.29 is 14.6 Å². The van der Waals surface area contributed by atoms with Gasteiger partial charge in [0.05, 0.1) is 7.11 Å². The zero-order valence-corrected chi connectivity index (χ0v) is 10.9. The molecule has 0 aliphatic rings. The summed E-state index contributed by atoms with van der Waals surface area (Å²) in [5.41, 5.74) is 0.909. The Bertz CT molecular complexity index is 547. The maximum atomic E-state index is 11.6. The Morgan fingerprint density at radius 1 is 1.56 bits per heavy atom. The molecule has 0 radical (unpaired) electrons. The van der Waals surface area contributed by atoms with E-state index in [9.17, 15) is 9.90 Å². The molecular formula is C11H9BrO3S. The highest BCUT2D eigenvalue weighted by molar-refractivity contribution is 9.08. The molecule has 1 aromatic heterocycles. The second kappa shape index (κ2) is 4.43. The Morgan fingerprint density at radius 2 is 2.31 bits per heavy atom. The van der Waals surface area contributed by atoms with E-state index in [1.165, 1.54) is 18.4 Å². The minimum absolute atomic E-state index is 0.200. The summed E-state index contributed by atoms with van der Waals surface area (Å²) in [4.78, 5) is 12.1. The maximum Gasteiger partial charge on any atom is 0.348 e. The molecule has 0 spiro atoms. The minimum atomic E-state index is -0.338. The molecule has 0 fully saturated rings. The number of phenolic OH excluding ortho intramolecular Hbond substituents is 1. The van der Waals surface area contributed by atoms with E-state index < -0.39 is 0 Å². The first-order valence-corrected chi connectivity index (χ1v) is 6.50. The van der Waals surface area contributed by atoms with Crippen LogP contribution in [0.4, 0.5) is 0 Å². The standard InChI is InChI=1S/C11H9BrO3S/c1-15-11(14)10-8(5-12)7-3-2-6(13)4-9(7)16-10/h2-4,13H,5H2,1H3. The van der Waals surface area contributed by atoms with Crippen LogP contribution in [0.15, 0.2) is 18.2 Å². The third kappa shape index (κ3) is 1.81. The van der Waals surface area contributed by atoms with Gasteiger partial charge in [0.25, 0.3) is 0 Å². The number of thiophene rings is 1. The van der Waals surface area contributed by atoms with Gasteiger partial charge in [-0.25, -0.2) is 4.79 Å². The molecule has 2 aromatic rings. The fourth-order valence-corrected chi connectivity index (χ4v) is 3.47. The number of ether oxygens (including phenoxy) is 1. The van der Waals surface area contributed by atoms with Crippen molar-refractivity contribution in [3.05, 3.63) is 28.6 Å². The summed E-state index contributed by atoms with van der Waals surface area (Å²) in [6.45, 7) is 0. The number of fused-ring (bicyclic) bond motifs is 1. The van der Waals surface area contributed by atoms with Gasteiger partial charge in [0.1, 0.15) is 10.6 Å². The predicted molar refractivity (Wildman–Crippen MR) is 67.5 cm³/mol. The van der Waals surface area contributed by atoms with Gasteiger partial charge < -0.3 is 9.84 Å². The molecule has 0 aliphatic carbocycles. The van der Waals surface area contributed by atoms with Crippen LogP contribution in [0.3, 0.4) is 0 Å². The van der Waals surface area contributed by atoms with Crippen LogP contribution in [0.25, 0.3) is 10.1 Å². The number of rotatable bonds is 2. The van der Waals surface area contributed by atoms with Crippen LogP contribution in [0.1, 0.15) is 15.2 Å². The first-order chi connectivity index (χ1) is 7.67. The monoisotopic (exact) mass is 300 g/mol. The predicted octanol–water partition coefficient (Wildman–Crippen LogP) is 3.29. The molecule has 1 heterocycles. The summed E-state index contributed by atoms with van der Waals surface area (Å²) in [5, 5.41) is 10.9. The Hall–Kier alpha value is -1.07. The Balaban J connectivity index is 2.70. The molecule has 0 saturated carbocycles. The van der Waals surface area contributed by atoms with Gasteiger partial charge in [-0.3, -0.25) is 0 Å². The normalized spacial score (nSPS) is 10.6. The van der Waals surface area contributed by atoms with Crippen molar-refractivity contribution >= 4 is 43.3 Å². The minimum Gasteiger partial charge on any atom is -0.508 e. The van der Waals surface area contributed by atoms with Gasteiger partial charge in [-0.15, -0.1) is 11.3 Å². The topological polar surface area (TPSA) is 46.5 Å². The molecule has 3 nitrogen and oxygen atoms in total. The van der Waals surface area contributed by atoms with Gasteiger partial charge in [0.2, 0.25) is 0 Å². The van der Waals surface area contributed by atoms with Gasteiger partial charge in [0, 0.05) is 10.0 Å². The Kier molecular flexibility index (Phi) is 3.16. The van der Waals surface area contributed by atoms with Crippen molar-refractivity contribution in [1.82, 2.24) is 0 Å². The molecule has 0 amide bonds. The van der Waals surface area contributed by atoms with Crippen LogP contribution in [-0.2, 0) is 10.1 Å². The van der Waals surface area contributed by atoms with E-state index in [4.69, 9.17) is 4.74 Å². The number of esters is 1. The number of carbonyl (C=O) groups excluding carboxylic acids is 1. The fraction of sp³-hybridized carbons (Fsp3) is 0.182. The number of phenols is 1. The first-order valence-electron chi connectivity index (χ1n) is 4.56. The van der Waals surface area contributed by atoms with Crippen LogP contribution in [0.5, 0.6) is 5.75 Å². The van der Waals surface area contributed by atoms with E-state index in [0.29, 0.717) is 10.2 Å². The van der Waals surface area contributed by atoms with Crippen molar-refractivity contribution in [2.75, 3.05) is 7.11 Å². The third-order valence-electron chi connectivity index (χ3n) is 2.28. The van der Waals surface area contributed by atoms with Crippen molar-refractivity contribution in [3.63, 3.8) is 0 Å². The largest absolute Gasteiger partial charge is 0.508 e. The molecule has 2 rings (SSSR count). The zero-order chi connectivity index (χ0) is 11.7. The molecular weight excluding hydrogens is 292 g/mol. The van der Waals surface area contributed by atoms with Crippen LogP contribution >= 0.6 is 27.3 Å². The Morgan fingerprint density at radius 3 is 2.94 bits per heavy atom. The summed E-state index contributed by atoms with van der Waals surface area (Å²) < 4.78 is 5.61. The highest BCUT2D eigenvalue weighted by Crippen LogP contribution is 2.35. The number of carbonyl (C=O) groups is 1. The highest BCUT2D eigenvalue weighted by Gasteiger charge is 2.18. The zero-order valence-electron chi connectivity index (χ0n) is 8.49. The van der Waals surface area contributed by atoms with E-state index in [1.807, 2.05) is 6.07 Å². The van der Waals surface area contributed by atoms with E-state index in [2.05, 4.69) is 15.9 Å². The molecule has 1 aromatic carbocycles. The Labute approximate surface area is 105 Å². The lowest BCUT2D eigenvalue weighted by atomic mass is 10.1. The molecule has 0 bridgehead atoms. The number of halogens is 1. The van der Waals surface area contributed by atoms with Gasteiger partial charge in [-0.2, -0.15) is 0 Å². The summed E-state index contributed by atoms with van der Waals surface area (Å²) in [6, 6.07) is 5.07. The quantitative estimate of drug-likeness (QED) is 0.684. The molecule has 1 N–H and O–H groups in total. The van der Waals surface area contributed by atoms with E-state index in [0.717, 1.165) is 15.6 Å². The molecule has 0 atom stereocenters. The van der Waals surface area contributed by atoms with Crippen LogP contribution < -0.4 is 0 Å². The lowest BCUT2D eigenvalue weighted by Gasteiger charge is -1.98. The van der Waals surface area contributed by atoms with Crippen molar-refractivity contribution in [1.29, 1.82) is 0 Å². The average molecular weight is 301 g/mol. The molecule has 0 saturated heterocycles. The summed E-state index contributed by atoms with van der Waals surface area (Å²) in [7, 11) is 1.36. The van der Waals surface area contributed by atoms with Gasteiger partial charge >= 0.3 is 5.97 Å². The third-order valence-corrected chi connectivity index (χ3v) is 4.02. The van der Waals surface area contributed by atoms with Crippen molar-refractivity contribution in [3.8, 4) is 5.75 Å². The molecule has 16 heavy (non-hydrogen) atoms. The van der Waals surface area contributed by atoms with Crippen LogP contribution in [-0.4, -0.2) is 18.2 Å². The second-order valence-corrected chi connectivity index (χ2v) is 4.83. The summed E-state index contributed by atoms with van der Waals surface area (Å²) >= 11 is 4.69. The number of hydrogen-bond acceptors (Lipinski definition) is 4. The van der Waals surface area contributed by atoms with Gasteiger partial charge in [-0.1, -0.05) is 15.9 Å². The van der Waals surface area contributed by atoms with Gasteiger partial charge in [0.15, 0.2) is 0 Å². The molecule has 0 aliphatic heterocycles. The van der Waals surface area contributed by atoms with Crippen molar-refractivity contribution in [2.45, 2.75) is 5.33 Å². The number of hydrogen-bond donors (Lipinski definition) is 1. The summed E-state index contributed by atoms with van der Waals surface area (Å²) in [5.74, 6) is -0.138. The number of benzene rings is 1. The molecule has 84 valence electrons. The SMILES string of the molecule is COC(=O)c1sc2cc(O)ccc2c1CBr. The lowest BCUT2D eigenvalue weighted by Crippen LogP contribution is -2.00. The van der Waals surface area contributed by atoms with Crippen molar-refractivity contribution in [2.24, 2.45) is 0 Å². The highest BCUT2D eigenvalue weighted by atomic mass is 79.9. The molecule has 0 unspecified atom stereocenters. The smallest absolute Gasteiger partial charge is 0.348 e. The maximum absolute atomic E-state index is 11.6. The van der Waals surface area contributed by atoms with E-state index in [-0.39, 0.29) is 11.7 Å². The average Bonchev–Trinajstić information content (AvgIpc) is 2.65. The fourth-order valence-electron chi connectivity index (χ4n) is 1.53. The molecule has 5 heteroatoms. The van der Waals surface area contributed by atoms with Crippen LogP contribution in [0.2, 0.25) is 0 Å². The second-order valence-electron chi connectivity index (χ2n) is 3.22. The number of aromatic hydroxyl groups is 1. The number of alkyl halides is 1. The van der Waals surface area contributed by atoms with Crippen LogP contribution in [0, 0.1) is 0 Å².